The van der Waals surface area contributed by atoms with Crippen molar-refractivity contribution in [2.75, 3.05) is 6.54 Å². The van der Waals surface area contributed by atoms with E-state index in [1.165, 1.54) is 25.9 Å². The second-order valence-corrected chi connectivity index (χ2v) is 7.37. The first kappa shape index (κ1) is 19.2. The zero-order chi connectivity index (χ0) is 18.9. The molecule has 3 N–H and O–H groups in total. The Bertz CT molecular complexity index is 634. The van der Waals surface area contributed by atoms with Gasteiger partial charge in [0.05, 0.1) is 6.04 Å². The topological polar surface area (TPSA) is 79.2 Å². The molecule has 1 saturated carbocycles. The molecule has 1 saturated heterocycles. The van der Waals surface area contributed by atoms with Crippen LogP contribution < -0.4 is 10.6 Å². The van der Waals surface area contributed by atoms with Crippen LogP contribution in [0, 0.1) is 5.92 Å². The van der Waals surface area contributed by atoms with E-state index < -0.39 is 24.0 Å². The SMILES string of the molecule is Cn1ccnc1[C@](O)(CCNC(=O)[C@@H]1C[C@@H]2CCCC[C@@H]2N1)C(F)(F)F. The number of aryl methyl sites for hydroxylation is 1. The number of amides is 1. The Kier molecular flexibility index (Phi) is 5.30. The van der Waals surface area contributed by atoms with Gasteiger partial charge in [0.2, 0.25) is 11.5 Å². The third-order valence-electron chi connectivity index (χ3n) is 5.63. The number of hydrogen-bond acceptors (Lipinski definition) is 4. The van der Waals surface area contributed by atoms with E-state index in [0.29, 0.717) is 12.0 Å². The summed E-state index contributed by atoms with van der Waals surface area (Å²) in [6.45, 7) is -0.283. The molecule has 146 valence electrons. The lowest BCUT2D eigenvalue weighted by Crippen LogP contribution is -2.48. The summed E-state index contributed by atoms with van der Waals surface area (Å²) in [4.78, 5) is 16.0. The first-order chi connectivity index (χ1) is 12.2. The highest BCUT2D eigenvalue weighted by atomic mass is 19.4. The van der Waals surface area contributed by atoms with Crippen LogP contribution in [0.3, 0.4) is 0 Å². The molecule has 0 aromatic carbocycles. The molecule has 0 radical (unpaired) electrons. The molecule has 0 bridgehead atoms. The average molecular weight is 374 g/mol. The number of imidazole rings is 1. The van der Waals surface area contributed by atoms with E-state index in [1.54, 1.807) is 0 Å². The number of alkyl halides is 3. The third-order valence-corrected chi connectivity index (χ3v) is 5.63. The lowest BCUT2D eigenvalue weighted by Gasteiger charge is -2.30. The van der Waals surface area contributed by atoms with Crippen LogP contribution in [0.2, 0.25) is 0 Å². The number of nitrogens with zero attached hydrogens (tertiary/aromatic N) is 2. The van der Waals surface area contributed by atoms with Crippen LogP contribution >= 0.6 is 0 Å². The Morgan fingerprint density at radius 3 is 2.77 bits per heavy atom. The molecule has 6 nitrogen and oxygen atoms in total. The van der Waals surface area contributed by atoms with E-state index in [9.17, 15) is 23.1 Å². The molecular formula is C17H25F3N4O2. The normalized spacial score (nSPS) is 28.4. The fourth-order valence-corrected chi connectivity index (χ4v) is 4.16. The summed E-state index contributed by atoms with van der Waals surface area (Å²) in [5.74, 6) is -0.313. The van der Waals surface area contributed by atoms with Crippen LogP contribution in [0.1, 0.15) is 44.3 Å². The maximum absolute atomic E-state index is 13.4. The van der Waals surface area contributed by atoms with Crippen molar-refractivity contribution in [3.05, 3.63) is 18.2 Å². The van der Waals surface area contributed by atoms with Crippen LogP contribution in [0.4, 0.5) is 13.2 Å². The van der Waals surface area contributed by atoms with E-state index >= 15 is 0 Å². The van der Waals surface area contributed by atoms with E-state index in [1.807, 2.05) is 0 Å². The maximum atomic E-state index is 13.4. The third kappa shape index (κ3) is 3.59. The monoisotopic (exact) mass is 374 g/mol. The Hall–Kier alpha value is -1.61. The number of rotatable bonds is 5. The quantitative estimate of drug-likeness (QED) is 0.732. The molecule has 9 heteroatoms. The highest BCUT2D eigenvalue weighted by molar-refractivity contribution is 5.82. The minimum Gasteiger partial charge on any atom is -0.374 e. The number of nitrogens with one attached hydrogen (secondary N) is 2. The van der Waals surface area contributed by atoms with Crippen LogP contribution in [-0.4, -0.2) is 45.4 Å². The fraction of sp³-hybridized carbons (Fsp3) is 0.765. The smallest absolute Gasteiger partial charge is 0.374 e. The predicted octanol–water partition coefficient (Wildman–Crippen LogP) is 1.60. The number of carbonyl (C=O) groups is 1. The zero-order valence-electron chi connectivity index (χ0n) is 14.7. The maximum Gasteiger partial charge on any atom is 0.424 e. The highest BCUT2D eigenvalue weighted by Gasteiger charge is 2.57. The first-order valence-corrected chi connectivity index (χ1v) is 9.03. The summed E-state index contributed by atoms with van der Waals surface area (Å²) in [5, 5.41) is 16.1. The molecule has 1 aliphatic heterocycles. The van der Waals surface area contributed by atoms with Gasteiger partial charge in [0.15, 0.2) is 0 Å². The summed E-state index contributed by atoms with van der Waals surface area (Å²) in [6, 6.07) is -0.0329. The molecular weight excluding hydrogens is 349 g/mol. The van der Waals surface area contributed by atoms with Gasteiger partial charge in [-0.3, -0.25) is 4.79 Å². The van der Waals surface area contributed by atoms with Gasteiger partial charge in [-0.2, -0.15) is 13.2 Å². The Morgan fingerprint density at radius 1 is 1.42 bits per heavy atom. The van der Waals surface area contributed by atoms with Gasteiger partial charge >= 0.3 is 6.18 Å². The summed E-state index contributed by atoms with van der Waals surface area (Å²) in [7, 11) is 1.39. The van der Waals surface area contributed by atoms with Gasteiger partial charge in [-0.15, -0.1) is 0 Å². The molecule has 1 aromatic heterocycles. The highest BCUT2D eigenvalue weighted by Crippen LogP contribution is 2.40. The van der Waals surface area contributed by atoms with Crippen molar-refractivity contribution in [3.63, 3.8) is 0 Å². The largest absolute Gasteiger partial charge is 0.424 e. The van der Waals surface area contributed by atoms with Crippen molar-refractivity contribution in [2.24, 2.45) is 13.0 Å². The standard InChI is InChI=1S/C17H25F3N4O2/c1-24-9-8-22-15(24)16(26,17(18,19)20)6-7-21-14(25)13-10-11-4-2-3-5-12(11)23-13/h8-9,11-13,23,26H,2-7,10H2,1H3,(H,21,25)/t11-,12-,13-,16+/m0/s1. The van der Waals surface area contributed by atoms with E-state index in [4.69, 9.17) is 0 Å². The lowest BCUT2D eigenvalue weighted by atomic mass is 9.85. The first-order valence-electron chi connectivity index (χ1n) is 9.03. The van der Waals surface area contributed by atoms with Gasteiger partial charge in [0, 0.05) is 38.4 Å². The Morgan fingerprint density at radius 2 is 2.15 bits per heavy atom. The van der Waals surface area contributed by atoms with Crippen molar-refractivity contribution < 1.29 is 23.1 Å². The van der Waals surface area contributed by atoms with Crippen molar-refractivity contribution in [1.82, 2.24) is 20.2 Å². The summed E-state index contributed by atoms with van der Waals surface area (Å²) < 4.78 is 41.5. The molecule has 2 aliphatic rings. The van der Waals surface area contributed by atoms with Gasteiger partial charge in [-0.05, 0) is 25.2 Å². The van der Waals surface area contributed by atoms with Crippen molar-refractivity contribution in [2.45, 2.75) is 62.4 Å². The number of fused-ring (bicyclic) bond motifs is 1. The number of aromatic nitrogens is 2. The van der Waals surface area contributed by atoms with Crippen molar-refractivity contribution in [3.8, 4) is 0 Å². The van der Waals surface area contributed by atoms with Crippen LogP contribution in [0.15, 0.2) is 12.4 Å². The van der Waals surface area contributed by atoms with E-state index in [-0.39, 0.29) is 18.5 Å². The zero-order valence-corrected chi connectivity index (χ0v) is 14.7. The molecule has 3 rings (SSSR count). The molecule has 1 aromatic rings. The van der Waals surface area contributed by atoms with Crippen molar-refractivity contribution >= 4 is 5.91 Å². The Balaban J connectivity index is 1.58. The minimum absolute atomic E-state index is 0.283. The summed E-state index contributed by atoms with van der Waals surface area (Å²) >= 11 is 0. The average Bonchev–Trinajstić information content (AvgIpc) is 3.19. The fourth-order valence-electron chi connectivity index (χ4n) is 4.16. The molecule has 1 aliphatic carbocycles. The molecule has 2 heterocycles. The second-order valence-electron chi connectivity index (χ2n) is 7.37. The predicted molar refractivity (Wildman–Crippen MR) is 88.1 cm³/mol. The van der Waals surface area contributed by atoms with Gasteiger partial charge < -0.3 is 20.3 Å². The molecule has 4 atom stereocenters. The van der Waals surface area contributed by atoms with Gasteiger partial charge in [-0.1, -0.05) is 12.8 Å². The van der Waals surface area contributed by atoms with Crippen molar-refractivity contribution in [1.29, 1.82) is 0 Å². The second kappa shape index (κ2) is 7.19. The van der Waals surface area contributed by atoms with E-state index in [2.05, 4.69) is 15.6 Å². The van der Waals surface area contributed by atoms with Crippen LogP contribution in [0.25, 0.3) is 0 Å². The number of aliphatic hydroxyl groups is 1. The number of halogens is 3. The summed E-state index contributed by atoms with van der Waals surface area (Å²) in [6.07, 6.45) is 2.13. The number of carbonyl (C=O) groups excluding carboxylic acids is 1. The van der Waals surface area contributed by atoms with Gasteiger partial charge in [0.1, 0.15) is 5.82 Å². The van der Waals surface area contributed by atoms with Crippen LogP contribution in [-0.2, 0) is 17.4 Å². The molecule has 0 spiro atoms. The Labute approximate surface area is 150 Å². The molecule has 1 amide bonds. The summed E-state index contributed by atoms with van der Waals surface area (Å²) in [5.41, 5.74) is -3.10. The number of hydrogen-bond donors (Lipinski definition) is 3. The molecule has 0 unspecified atom stereocenters. The molecule has 2 fully saturated rings. The molecule has 26 heavy (non-hydrogen) atoms. The van der Waals surface area contributed by atoms with Gasteiger partial charge in [-0.25, -0.2) is 4.98 Å². The van der Waals surface area contributed by atoms with Gasteiger partial charge in [0.25, 0.3) is 0 Å². The van der Waals surface area contributed by atoms with E-state index in [0.717, 1.165) is 30.3 Å². The minimum atomic E-state index is -4.89. The van der Waals surface area contributed by atoms with Crippen LogP contribution in [0.5, 0.6) is 0 Å². The lowest BCUT2D eigenvalue weighted by molar-refractivity contribution is -0.272.